The molecule has 1 fully saturated rings. The SMILES string of the molecule is CNc1cc(N2CCC(CO)C2)nc(COC)n1. The Morgan fingerprint density at radius 1 is 1.56 bits per heavy atom. The molecule has 0 saturated carbocycles. The van der Waals surface area contributed by atoms with E-state index in [1.807, 2.05) is 13.1 Å². The summed E-state index contributed by atoms with van der Waals surface area (Å²) in [4.78, 5) is 11.0. The highest BCUT2D eigenvalue weighted by Gasteiger charge is 2.23. The molecule has 0 bridgehead atoms. The van der Waals surface area contributed by atoms with Crippen molar-refractivity contribution in [2.24, 2.45) is 5.92 Å². The molecule has 1 aliphatic rings. The molecular formula is C12H20N4O2. The van der Waals surface area contributed by atoms with Gasteiger partial charge >= 0.3 is 0 Å². The molecule has 1 unspecified atom stereocenters. The van der Waals surface area contributed by atoms with E-state index in [0.717, 1.165) is 31.1 Å². The Hall–Kier alpha value is -1.40. The molecule has 1 saturated heterocycles. The molecule has 2 N–H and O–H groups in total. The number of methoxy groups -OCH3 is 1. The molecule has 0 aromatic carbocycles. The molecule has 0 spiro atoms. The average molecular weight is 252 g/mol. The Kier molecular flexibility index (Phi) is 4.33. The number of nitrogens with one attached hydrogen (secondary N) is 1. The summed E-state index contributed by atoms with van der Waals surface area (Å²) < 4.78 is 5.08. The number of anilines is 2. The van der Waals surface area contributed by atoms with E-state index in [9.17, 15) is 5.11 Å². The van der Waals surface area contributed by atoms with Gasteiger partial charge in [0, 0.05) is 45.8 Å². The van der Waals surface area contributed by atoms with Crippen LogP contribution < -0.4 is 10.2 Å². The van der Waals surface area contributed by atoms with Gasteiger partial charge in [-0.15, -0.1) is 0 Å². The largest absolute Gasteiger partial charge is 0.396 e. The fourth-order valence-electron chi connectivity index (χ4n) is 2.16. The van der Waals surface area contributed by atoms with Crippen LogP contribution in [0, 0.1) is 5.92 Å². The van der Waals surface area contributed by atoms with Crippen molar-refractivity contribution in [1.82, 2.24) is 9.97 Å². The lowest BCUT2D eigenvalue weighted by Gasteiger charge is -2.18. The number of hydrogen-bond donors (Lipinski definition) is 2. The van der Waals surface area contributed by atoms with Gasteiger partial charge in [-0.3, -0.25) is 0 Å². The van der Waals surface area contributed by atoms with Crippen LogP contribution in [0.5, 0.6) is 0 Å². The first kappa shape index (κ1) is 13.0. The van der Waals surface area contributed by atoms with Crippen LogP contribution in [0.4, 0.5) is 11.6 Å². The molecule has 0 aliphatic carbocycles. The van der Waals surface area contributed by atoms with Crippen LogP contribution >= 0.6 is 0 Å². The second kappa shape index (κ2) is 5.97. The molecule has 18 heavy (non-hydrogen) atoms. The summed E-state index contributed by atoms with van der Waals surface area (Å²) in [6, 6.07) is 1.93. The number of aliphatic hydroxyl groups is 1. The first-order chi connectivity index (χ1) is 8.76. The summed E-state index contributed by atoms with van der Waals surface area (Å²) in [7, 11) is 3.47. The van der Waals surface area contributed by atoms with Crippen molar-refractivity contribution in [1.29, 1.82) is 0 Å². The van der Waals surface area contributed by atoms with E-state index in [-0.39, 0.29) is 6.61 Å². The number of aliphatic hydroxyl groups excluding tert-OH is 1. The lowest BCUT2D eigenvalue weighted by molar-refractivity contribution is 0.178. The van der Waals surface area contributed by atoms with Crippen LogP contribution in [-0.2, 0) is 11.3 Å². The highest BCUT2D eigenvalue weighted by Crippen LogP contribution is 2.23. The van der Waals surface area contributed by atoms with E-state index in [1.165, 1.54) is 0 Å². The predicted molar refractivity (Wildman–Crippen MR) is 69.7 cm³/mol. The Balaban J connectivity index is 2.18. The van der Waals surface area contributed by atoms with Gasteiger partial charge in [0.15, 0.2) is 5.82 Å². The van der Waals surface area contributed by atoms with E-state index in [2.05, 4.69) is 20.2 Å². The number of aromatic nitrogens is 2. The minimum absolute atomic E-state index is 0.241. The number of rotatable bonds is 5. The monoisotopic (exact) mass is 252 g/mol. The maximum atomic E-state index is 9.18. The Morgan fingerprint density at radius 2 is 2.39 bits per heavy atom. The van der Waals surface area contributed by atoms with Gasteiger partial charge in [-0.05, 0) is 6.42 Å². The van der Waals surface area contributed by atoms with Crippen molar-refractivity contribution in [2.75, 3.05) is 44.1 Å². The smallest absolute Gasteiger partial charge is 0.158 e. The van der Waals surface area contributed by atoms with E-state index in [4.69, 9.17) is 4.74 Å². The van der Waals surface area contributed by atoms with E-state index in [0.29, 0.717) is 18.3 Å². The van der Waals surface area contributed by atoms with Gasteiger partial charge in [-0.1, -0.05) is 0 Å². The van der Waals surface area contributed by atoms with Crippen LogP contribution in [0.2, 0.25) is 0 Å². The van der Waals surface area contributed by atoms with Crippen LogP contribution in [0.3, 0.4) is 0 Å². The highest BCUT2D eigenvalue weighted by molar-refractivity contribution is 5.49. The summed E-state index contributed by atoms with van der Waals surface area (Å²) in [5.74, 6) is 2.72. The second-order valence-corrected chi connectivity index (χ2v) is 4.49. The average Bonchev–Trinajstić information content (AvgIpc) is 2.87. The topological polar surface area (TPSA) is 70.5 Å². The standard InChI is InChI=1S/C12H20N4O2/c1-13-10-5-12(15-11(14-10)8-18-2)16-4-3-9(6-16)7-17/h5,9,17H,3-4,6-8H2,1-2H3,(H,13,14,15). The maximum absolute atomic E-state index is 9.18. The third-order valence-electron chi connectivity index (χ3n) is 3.16. The summed E-state index contributed by atoms with van der Waals surface area (Å²) in [5, 5.41) is 12.2. The maximum Gasteiger partial charge on any atom is 0.158 e. The summed E-state index contributed by atoms with van der Waals surface area (Å²) in [5.41, 5.74) is 0. The summed E-state index contributed by atoms with van der Waals surface area (Å²) in [6.45, 7) is 2.42. The zero-order valence-electron chi connectivity index (χ0n) is 10.9. The van der Waals surface area contributed by atoms with Gasteiger partial charge in [0.2, 0.25) is 0 Å². The zero-order chi connectivity index (χ0) is 13.0. The predicted octanol–water partition coefficient (Wildman–Crippen LogP) is 0.483. The van der Waals surface area contributed by atoms with Crippen LogP contribution in [-0.4, -0.2) is 48.9 Å². The molecule has 100 valence electrons. The van der Waals surface area contributed by atoms with E-state index in [1.54, 1.807) is 7.11 Å². The van der Waals surface area contributed by atoms with Crippen molar-refractivity contribution in [3.05, 3.63) is 11.9 Å². The summed E-state index contributed by atoms with van der Waals surface area (Å²) in [6.07, 6.45) is 1.01. The molecule has 2 heterocycles. The van der Waals surface area contributed by atoms with Gasteiger partial charge in [0.05, 0.1) is 0 Å². The minimum Gasteiger partial charge on any atom is -0.396 e. The van der Waals surface area contributed by atoms with Crippen LogP contribution in [0.1, 0.15) is 12.2 Å². The fraction of sp³-hybridized carbons (Fsp3) is 0.667. The van der Waals surface area contributed by atoms with Crippen molar-refractivity contribution in [2.45, 2.75) is 13.0 Å². The molecule has 1 atom stereocenters. The molecule has 0 amide bonds. The van der Waals surface area contributed by atoms with Gasteiger partial charge in [-0.25, -0.2) is 9.97 Å². The molecule has 1 aromatic heterocycles. The fourth-order valence-corrected chi connectivity index (χ4v) is 2.16. The van der Waals surface area contributed by atoms with Crippen molar-refractivity contribution < 1.29 is 9.84 Å². The van der Waals surface area contributed by atoms with Crippen molar-refractivity contribution in [3.8, 4) is 0 Å². The van der Waals surface area contributed by atoms with Crippen LogP contribution in [0.25, 0.3) is 0 Å². The highest BCUT2D eigenvalue weighted by atomic mass is 16.5. The quantitative estimate of drug-likeness (QED) is 0.794. The molecule has 1 aromatic rings. The van der Waals surface area contributed by atoms with Crippen molar-refractivity contribution >= 4 is 11.6 Å². The minimum atomic E-state index is 0.241. The van der Waals surface area contributed by atoms with Crippen LogP contribution in [0.15, 0.2) is 6.07 Å². The third-order valence-corrected chi connectivity index (χ3v) is 3.16. The third kappa shape index (κ3) is 2.88. The Bertz CT molecular complexity index is 400. The molecular weight excluding hydrogens is 232 g/mol. The van der Waals surface area contributed by atoms with Gasteiger partial charge in [0.25, 0.3) is 0 Å². The van der Waals surface area contributed by atoms with E-state index >= 15 is 0 Å². The molecule has 6 heteroatoms. The lowest BCUT2D eigenvalue weighted by Crippen LogP contribution is -2.22. The Labute approximate surface area is 107 Å². The second-order valence-electron chi connectivity index (χ2n) is 4.49. The zero-order valence-corrected chi connectivity index (χ0v) is 10.9. The first-order valence-electron chi connectivity index (χ1n) is 6.17. The van der Waals surface area contributed by atoms with Crippen molar-refractivity contribution in [3.63, 3.8) is 0 Å². The molecule has 0 radical (unpaired) electrons. The number of nitrogens with zero attached hydrogens (tertiary/aromatic N) is 3. The number of ether oxygens (including phenoxy) is 1. The molecule has 2 rings (SSSR count). The molecule has 6 nitrogen and oxygen atoms in total. The van der Waals surface area contributed by atoms with Gasteiger partial charge in [-0.2, -0.15) is 0 Å². The van der Waals surface area contributed by atoms with Gasteiger partial charge < -0.3 is 20.1 Å². The van der Waals surface area contributed by atoms with E-state index < -0.39 is 0 Å². The Morgan fingerprint density at radius 3 is 3.00 bits per heavy atom. The molecule has 1 aliphatic heterocycles. The normalized spacial score (nSPS) is 19.3. The number of hydrogen-bond acceptors (Lipinski definition) is 6. The lowest BCUT2D eigenvalue weighted by atomic mass is 10.1. The van der Waals surface area contributed by atoms with Gasteiger partial charge in [0.1, 0.15) is 18.2 Å². The summed E-state index contributed by atoms with van der Waals surface area (Å²) >= 11 is 0. The first-order valence-corrected chi connectivity index (χ1v) is 6.17.